The molecule has 1 amide bonds. The van der Waals surface area contributed by atoms with Crippen molar-refractivity contribution in [3.05, 3.63) is 94.8 Å². The Hall–Kier alpha value is -3.60. The van der Waals surface area contributed by atoms with Gasteiger partial charge in [-0.3, -0.25) is 4.79 Å². The molecule has 5 nitrogen and oxygen atoms in total. The second-order valence-corrected chi connectivity index (χ2v) is 10.3. The van der Waals surface area contributed by atoms with Crippen molar-refractivity contribution < 1.29 is 9.53 Å². The van der Waals surface area contributed by atoms with Gasteiger partial charge in [0.05, 0.1) is 24.1 Å². The summed E-state index contributed by atoms with van der Waals surface area (Å²) in [5, 5.41) is 3.08. The number of hydrogen-bond acceptors (Lipinski definition) is 3. The number of rotatable bonds is 14. The maximum absolute atomic E-state index is 12.3. The van der Waals surface area contributed by atoms with Crippen molar-refractivity contribution in [3.63, 3.8) is 0 Å². The number of ether oxygens (including phenoxy) is 1. The summed E-state index contributed by atoms with van der Waals surface area (Å²) in [5.74, 6) is 2.24. The van der Waals surface area contributed by atoms with Gasteiger partial charge in [0.1, 0.15) is 11.6 Å². The smallest absolute Gasteiger partial charge is 0.224 e. The second-order valence-electron chi connectivity index (χ2n) is 10.3. The Morgan fingerprint density at radius 1 is 0.868 bits per heavy atom. The second kappa shape index (κ2) is 13.8. The standard InChI is InChI=1S/C33H41N3O2/c1-25-18-19-31(27(3)23-25)38-22-12-11-21-36-30-16-9-8-15-29(30)35-32(36)17-5-4-10-20-34-33(37)24-28-14-7-6-13-26(28)2/h6-9,13-16,18-19,23H,4-5,10-12,17,20-22,24H2,1-3H3,(H,34,37). The minimum atomic E-state index is 0.0996. The maximum Gasteiger partial charge on any atom is 0.224 e. The van der Waals surface area contributed by atoms with E-state index in [4.69, 9.17) is 9.72 Å². The van der Waals surface area contributed by atoms with Crippen molar-refractivity contribution in [1.82, 2.24) is 14.9 Å². The van der Waals surface area contributed by atoms with Crippen molar-refractivity contribution >= 4 is 16.9 Å². The maximum atomic E-state index is 12.3. The van der Waals surface area contributed by atoms with E-state index in [1.807, 2.05) is 18.2 Å². The Bertz CT molecular complexity index is 1340. The summed E-state index contributed by atoms with van der Waals surface area (Å²) in [6, 6.07) is 22.8. The van der Waals surface area contributed by atoms with E-state index in [2.05, 4.69) is 79.2 Å². The number of fused-ring (bicyclic) bond motifs is 1. The molecule has 0 atom stereocenters. The van der Waals surface area contributed by atoms with Crippen LogP contribution in [0.15, 0.2) is 66.7 Å². The molecule has 0 saturated heterocycles. The average Bonchev–Trinajstić information content (AvgIpc) is 3.25. The molecule has 1 aromatic heterocycles. The largest absolute Gasteiger partial charge is 0.493 e. The van der Waals surface area contributed by atoms with Crippen LogP contribution in [-0.4, -0.2) is 28.6 Å². The van der Waals surface area contributed by atoms with E-state index in [1.54, 1.807) is 0 Å². The fraction of sp³-hybridized carbons (Fsp3) is 0.394. The topological polar surface area (TPSA) is 56.1 Å². The van der Waals surface area contributed by atoms with E-state index in [-0.39, 0.29) is 5.91 Å². The zero-order chi connectivity index (χ0) is 26.7. The fourth-order valence-corrected chi connectivity index (χ4v) is 4.94. The molecule has 1 N–H and O–H groups in total. The van der Waals surface area contributed by atoms with Gasteiger partial charge >= 0.3 is 0 Å². The number of unbranched alkanes of at least 4 members (excludes halogenated alkanes) is 3. The molecule has 0 spiro atoms. The predicted molar refractivity (Wildman–Crippen MR) is 156 cm³/mol. The van der Waals surface area contributed by atoms with Gasteiger partial charge in [-0.25, -0.2) is 4.98 Å². The molecule has 0 aliphatic heterocycles. The van der Waals surface area contributed by atoms with Gasteiger partial charge in [0, 0.05) is 19.5 Å². The lowest BCUT2D eigenvalue weighted by Crippen LogP contribution is -2.26. The van der Waals surface area contributed by atoms with Crippen molar-refractivity contribution in [1.29, 1.82) is 0 Å². The molecule has 200 valence electrons. The van der Waals surface area contributed by atoms with Gasteiger partial charge in [0.2, 0.25) is 5.91 Å². The van der Waals surface area contributed by atoms with Crippen LogP contribution in [0.4, 0.5) is 0 Å². The number of carbonyl (C=O) groups excluding carboxylic acids is 1. The van der Waals surface area contributed by atoms with Crippen LogP contribution in [0.2, 0.25) is 0 Å². The van der Waals surface area contributed by atoms with Gasteiger partial charge in [-0.15, -0.1) is 0 Å². The van der Waals surface area contributed by atoms with Crippen molar-refractivity contribution in [2.24, 2.45) is 0 Å². The molecule has 5 heteroatoms. The molecule has 0 fully saturated rings. The van der Waals surface area contributed by atoms with E-state index in [1.165, 1.54) is 22.2 Å². The summed E-state index contributed by atoms with van der Waals surface area (Å²) in [6.45, 7) is 8.65. The molecule has 0 unspecified atom stereocenters. The molecule has 1 heterocycles. The molecule has 0 aliphatic rings. The van der Waals surface area contributed by atoms with Gasteiger partial charge in [-0.05, 0) is 81.3 Å². The lowest BCUT2D eigenvalue weighted by atomic mass is 10.1. The minimum Gasteiger partial charge on any atom is -0.493 e. The number of aromatic nitrogens is 2. The van der Waals surface area contributed by atoms with Gasteiger partial charge in [-0.2, -0.15) is 0 Å². The van der Waals surface area contributed by atoms with Gasteiger partial charge in [0.15, 0.2) is 0 Å². The highest BCUT2D eigenvalue weighted by molar-refractivity contribution is 5.78. The zero-order valence-electron chi connectivity index (χ0n) is 23.1. The number of nitrogens with zero attached hydrogens (tertiary/aromatic N) is 2. The number of aryl methyl sites for hydroxylation is 5. The Morgan fingerprint density at radius 2 is 1.68 bits per heavy atom. The molecule has 0 radical (unpaired) electrons. The van der Waals surface area contributed by atoms with Crippen molar-refractivity contribution in [3.8, 4) is 5.75 Å². The first-order valence-corrected chi connectivity index (χ1v) is 14.0. The van der Waals surface area contributed by atoms with Gasteiger partial charge in [0.25, 0.3) is 0 Å². The molecule has 4 rings (SSSR count). The zero-order valence-corrected chi connectivity index (χ0v) is 23.1. The highest BCUT2D eigenvalue weighted by atomic mass is 16.5. The third-order valence-corrected chi connectivity index (χ3v) is 7.11. The highest BCUT2D eigenvalue weighted by Gasteiger charge is 2.11. The fourth-order valence-electron chi connectivity index (χ4n) is 4.94. The highest BCUT2D eigenvalue weighted by Crippen LogP contribution is 2.21. The first-order chi connectivity index (χ1) is 18.5. The molecule has 38 heavy (non-hydrogen) atoms. The van der Waals surface area contributed by atoms with Crippen LogP contribution in [0.3, 0.4) is 0 Å². The average molecular weight is 512 g/mol. The molecule has 0 aliphatic carbocycles. The van der Waals surface area contributed by atoms with Crippen LogP contribution < -0.4 is 10.1 Å². The van der Waals surface area contributed by atoms with Crippen LogP contribution in [0.5, 0.6) is 5.75 Å². The molecule has 0 saturated carbocycles. The first kappa shape index (κ1) is 27.4. The van der Waals surface area contributed by atoms with E-state index < -0.39 is 0 Å². The van der Waals surface area contributed by atoms with Gasteiger partial charge < -0.3 is 14.6 Å². The summed E-state index contributed by atoms with van der Waals surface area (Å²) < 4.78 is 8.42. The quantitative estimate of drug-likeness (QED) is 0.188. The normalized spacial score (nSPS) is 11.1. The summed E-state index contributed by atoms with van der Waals surface area (Å²) in [6.07, 6.45) is 6.56. The number of hydrogen-bond donors (Lipinski definition) is 1. The van der Waals surface area contributed by atoms with Crippen LogP contribution in [0.1, 0.15) is 60.2 Å². The van der Waals surface area contributed by atoms with Crippen molar-refractivity contribution in [2.45, 2.75) is 72.3 Å². The number of benzene rings is 3. The van der Waals surface area contributed by atoms with Crippen LogP contribution in [-0.2, 0) is 24.2 Å². The number of amides is 1. The Kier molecular flexibility index (Phi) is 9.97. The third kappa shape index (κ3) is 7.70. The molecular formula is C33H41N3O2. The van der Waals surface area contributed by atoms with Crippen LogP contribution >= 0.6 is 0 Å². The Morgan fingerprint density at radius 3 is 2.53 bits per heavy atom. The molecule has 4 aromatic rings. The summed E-state index contributed by atoms with van der Waals surface area (Å²) in [7, 11) is 0. The molecule has 3 aromatic carbocycles. The third-order valence-electron chi connectivity index (χ3n) is 7.11. The Labute approximate surface area is 227 Å². The molecular weight excluding hydrogens is 470 g/mol. The van der Waals surface area contributed by atoms with Crippen LogP contribution in [0.25, 0.3) is 11.0 Å². The summed E-state index contributed by atoms with van der Waals surface area (Å²) >= 11 is 0. The van der Waals surface area contributed by atoms with E-state index >= 15 is 0 Å². The van der Waals surface area contributed by atoms with Gasteiger partial charge in [-0.1, -0.05) is 60.5 Å². The summed E-state index contributed by atoms with van der Waals surface area (Å²) in [5.41, 5.74) is 7.00. The predicted octanol–water partition coefficient (Wildman–Crippen LogP) is 6.89. The summed E-state index contributed by atoms with van der Waals surface area (Å²) in [4.78, 5) is 17.2. The van der Waals surface area contributed by atoms with E-state index in [0.717, 1.165) is 80.9 Å². The SMILES string of the molecule is Cc1ccc(OCCCCn2c(CCCCCNC(=O)Cc3ccccc3C)nc3ccccc32)c(C)c1. The minimum absolute atomic E-state index is 0.0996. The number of nitrogens with one attached hydrogen (secondary N) is 1. The molecule has 0 bridgehead atoms. The number of carbonyl (C=O) groups is 1. The number of imidazole rings is 1. The van der Waals surface area contributed by atoms with E-state index in [9.17, 15) is 4.79 Å². The van der Waals surface area contributed by atoms with Crippen LogP contribution in [0, 0.1) is 20.8 Å². The Balaban J connectivity index is 1.20. The number of para-hydroxylation sites is 2. The first-order valence-electron chi connectivity index (χ1n) is 14.0. The lowest BCUT2D eigenvalue weighted by molar-refractivity contribution is -0.120. The lowest BCUT2D eigenvalue weighted by Gasteiger charge is -2.12. The van der Waals surface area contributed by atoms with E-state index in [0.29, 0.717) is 6.42 Å². The van der Waals surface area contributed by atoms with Crippen molar-refractivity contribution in [2.75, 3.05) is 13.2 Å². The monoisotopic (exact) mass is 511 g/mol.